The topological polar surface area (TPSA) is 37.3 Å². The Bertz CT molecular complexity index is 566. The quantitative estimate of drug-likeness (QED) is 0.733. The van der Waals surface area contributed by atoms with Gasteiger partial charge in [-0.3, -0.25) is 4.79 Å². The van der Waals surface area contributed by atoms with Crippen LogP contribution < -0.4 is 0 Å². The van der Waals surface area contributed by atoms with Crippen LogP contribution in [0.5, 0.6) is 0 Å². The van der Waals surface area contributed by atoms with E-state index in [4.69, 9.17) is 0 Å². The summed E-state index contributed by atoms with van der Waals surface area (Å²) in [6.45, 7) is 2.23. The number of carbonyl (C=O) groups excluding carboxylic acids is 1. The molecule has 20 heavy (non-hydrogen) atoms. The number of fused-ring (bicyclic) bond motifs is 4. The van der Waals surface area contributed by atoms with Crippen LogP contribution in [0.25, 0.3) is 0 Å². The highest BCUT2D eigenvalue weighted by Crippen LogP contribution is 2.57. The number of aliphatic hydroxyl groups is 1. The molecule has 1 N–H and O–H groups in total. The van der Waals surface area contributed by atoms with E-state index < -0.39 is 0 Å². The van der Waals surface area contributed by atoms with Gasteiger partial charge in [0.2, 0.25) is 0 Å². The lowest BCUT2D eigenvalue weighted by Gasteiger charge is -2.44. The van der Waals surface area contributed by atoms with Gasteiger partial charge in [-0.25, -0.2) is 0 Å². The monoisotopic (exact) mass is 270 g/mol. The van der Waals surface area contributed by atoms with Crippen LogP contribution in [0.3, 0.4) is 0 Å². The van der Waals surface area contributed by atoms with E-state index in [9.17, 15) is 9.90 Å². The van der Waals surface area contributed by atoms with E-state index in [1.54, 1.807) is 0 Å². The summed E-state index contributed by atoms with van der Waals surface area (Å²) in [5.41, 5.74) is 4.19. The molecular formula is C18H22O2. The molecule has 4 aliphatic carbocycles. The van der Waals surface area contributed by atoms with Crippen molar-refractivity contribution < 1.29 is 9.90 Å². The van der Waals surface area contributed by atoms with Gasteiger partial charge in [0, 0.05) is 11.8 Å². The van der Waals surface area contributed by atoms with E-state index in [-0.39, 0.29) is 11.5 Å². The lowest BCUT2D eigenvalue weighted by atomic mass is 9.60. The van der Waals surface area contributed by atoms with Crippen LogP contribution in [0.15, 0.2) is 34.9 Å². The average Bonchev–Trinajstić information content (AvgIpc) is 2.74. The maximum atomic E-state index is 11.6. The van der Waals surface area contributed by atoms with Crippen LogP contribution in [0.1, 0.15) is 45.4 Å². The van der Waals surface area contributed by atoms with Gasteiger partial charge in [-0.05, 0) is 66.7 Å². The Balaban J connectivity index is 1.82. The van der Waals surface area contributed by atoms with Gasteiger partial charge in [-0.15, -0.1) is 0 Å². The summed E-state index contributed by atoms with van der Waals surface area (Å²) in [4.78, 5) is 11.6. The first-order chi connectivity index (χ1) is 9.59. The van der Waals surface area contributed by atoms with Crippen molar-refractivity contribution in [3.05, 3.63) is 34.9 Å². The molecule has 4 rings (SSSR count). The predicted octanol–water partition coefficient (Wildman–Crippen LogP) is 3.33. The Labute approximate surface area is 120 Å². The van der Waals surface area contributed by atoms with E-state index in [1.807, 2.05) is 6.08 Å². The zero-order valence-corrected chi connectivity index (χ0v) is 12.1. The van der Waals surface area contributed by atoms with E-state index >= 15 is 0 Å². The normalized spacial score (nSPS) is 43.0. The summed E-state index contributed by atoms with van der Waals surface area (Å²) >= 11 is 0. The van der Waals surface area contributed by atoms with Gasteiger partial charge in [0.15, 0.2) is 5.78 Å². The van der Waals surface area contributed by atoms with Crippen LogP contribution in [0, 0.1) is 17.3 Å². The molecule has 4 aliphatic rings. The number of hydrogen-bond acceptors (Lipinski definition) is 2. The summed E-state index contributed by atoms with van der Waals surface area (Å²) in [6, 6.07) is 0. The Hall–Kier alpha value is -1.15. The molecule has 0 radical (unpaired) electrons. The predicted molar refractivity (Wildman–Crippen MR) is 78.1 cm³/mol. The van der Waals surface area contributed by atoms with Gasteiger partial charge < -0.3 is 5.11 Å². The van der Waals surface area contributed by atoms with Gasteiger partial charge in [0.05, 0.1) is 6.10 Å². The van der Waals surface area contributed by atoms with Gasteiger partial charge in [-0.2, -0.15) is 0 Å². The lowest BCUT2D eigenvalue weighted by Crippen LogP contribution is -2.39. The van der Waals surface area contributed by atoms with Crippen LogP contribution in [0.2, 0.25) is 0 Å². The second-order valence-corrected chi connectivity index (χ2v) is 7.11. The second kappa shape index (κ2) is 4.17. The number of aliphatic hydroxyl groups excluding tert-OH is 1. The van der Waals surface area contributed by atoms with Crippen molar-refractivity contribution >= 4 is 5.78 Å². The fourth-order valence-corrected chi connectivity index (χ4v) is 4.99. The van der Waals surface area contributed by atoms with Crippen LogP contribution in [-0.2, 0) is 4.79 Å². The molecule has 0 saturated heterocycles. The van der Waals surface area contributed by atoms with Gasteiger partial charge in [-0.1, -0.05) is 19.1 Å². The highest BCUT2D eigenvalue weighted by Gasteiger charge is 2.51. The maximum absolute atomic E-state index is 11.6. The first-order valence-corrected chi connectivity index (χ1v) is 7.94. The first-order valence-electron chi connectivity index (χ1n) is 7.94. The molecule has 0 amide bonds. The summed E-state index contributed by atoms with van der Waals surface area (Å²) in [6.07, 6.45) is 12.1. The molecule has 1 saturated carbocycles. The van der Waals surface area contributed by atoms with Crippen molar-refractivity contribution in [2.45, 2.75) is 51.6 Å². The molecule has 0 aromatic heterocycles. The van der Waals surface area contributed by atoms with Crippen molar-refractivity contribution in [2.24, 2.45) is 17.3 Å². The fourth-order valence-electron chi connectivity index (χ4n) is 4.99. The van der Waals surface area contributed by atoms with Crippen LogP contribution >= 0.6 is 0 Å². The minimum Gasteiger partial charge on any atom is -0.392 e. The van der Waals surface area contributed by atoms with Gasteiger partial charge >= 0.3 is 0 Å². The summed E-state index contributed by atoms with van der Waals surface area (Å²) in [5, 5.41) is 10.3. The Kier molecular flexibility index (Phi) is 2.62. The molecule has 106 valence electrons. The molecule has 0 heterocycles. The highest BCUT2D eigenvalue weighted by molar-refractivity contribution is 5.93. The molecule has 1 fully saturated rings. The summed E-state index contributed by atoms with van der Waals surface area (Å²) in [7, 11) is 0. The molecular weight excluding hydrogens is 248 g/mol. The highest BCUT2D eigenvalue weighted by atomic mass is 16.3. The third kappa shape index (κ3) is 1.57. The first kappa shape index (κ1) is 12.6. The third-order valence-corrected chi connectivity index (χ3v) is 6.19. The molecule has 0 unspecified atom stereocenters. The van der Waals surface area contributed by atoms with E-state index in [0.717, 1.165) is 32.1 Å². The molecule has 0 aliphatic heterocycles. The Morgan fingerprint density at radius 3 is 2.90 bits per heavy atom. The standard InChI is InChI=1S/C18H22O2/c1-18-9-8-14-13-5-3-12(19)10-11(13)2-4-15(14)16(18)6-7-17(18)20/h8-10,15-17,20H,2-7H2,1H3/t15-,16+,17+,18-/m0/s1. The van der Waals surface area contributed by atoms with Crippen molar-refractivity contribution in [3.8, 4) is 0 Å². The van der Waals surface area contributed by atoms with Crippen molar-refractivity contribution in [2.75, 3.05) is 0 Å². The zero-order valence-electron chi connectivity index (χ0n) is 12.1. The minimum absolute atomic E-state index is 0.0274. The number of allylic oxidation sites excluding steroid dienone is 5. The van der Waals surface area contributed by atoms with Gasteiger partial charge in [0.1, 0.15) is 0 Å². The minimum atomic E-state index is -0.180. The van der Waals surface area contributed by atoms with Crippen molar-refractivity contribution in [3.63, 3.8) is 0 Å². The number of carbonyl (C=O) groups is 1. The van der Waals surface area contributed by atoms with Crippen LogP contribution in [0.4, 0.5) is 0 Å². The average molecular weight is 270 g/mol. The Morgan fingerprint density at radius 2 is 2.05 bits per heavy atom. The zero-order chi connectivity index (χ0) is 13.9. The number of ketones is 1. The third-order valence-electron chi connectivity index (χ3n) is 6.19. The van der Waals surface area contributed by atoms with E-state index in [0.29, 0.717) is 24.0 Å². The molecule has 0 bridgehead atoms. The molecule has 2 heteroatoms. The fraction of sp³-hybridized carbons (Fsp3) is 0.611. The van der Waals surface area contributed by atoms with E-state index in [2.05, 4.69) is 19.1 Å². The van der Waals surface area contributed by atoms with Crippen LogP contribution in [-0.4, -0.2) is 17.0 Å². The molecule has 4 atom stereocenters. The number of hydrogen-bond donors (Lipinski definition) is 1. The molecule has 0 spiro atoms. The molecule has 0 aromatic carbocycles. The Morgan fingerprint density at radius 1 is 1.20 bits per heavy atom. The largest absolute Gasteiger partial charge is 0.392 e. The number of rotatable bonds is 0. The van der Waals surface area contributed by atoms with Crippen molar-refractivity contribution in [1.29, 1.82) is 0 Å². The van der Waals surface area contributed by atoms with Gasteiger partial charge in [0.25, 0.3) is 0 Å². The molecule has 2 nitrogen and oxygen atoms in total. The smallest absolute Gasteiger partial charge is 0.156 e. The maximum Gasteiger partial charge on any atom is 0.156 e. The van der Waals surface area contributed by atoms with E-state index in [1.165, 1.54) is 16.7 Å². The summed E-state index contributed by atoms with van der Waals surface area (Å²) in [5.74, 6) is 1.48. The SMILES string of the molecule is C[C@]12C=CC3=C4CCC(=O)C=C4CC[C@@H]3[C@H]1CC[C@H]2O. The second-order valence-electron chi connectivity index (χ2n) is 7.11. The molecule has 0 aromatic rings. The summed E-state index contributed by atoms with van der Waals surface area (Å²) < 4.78 is 0. The van der Waals surface area contributed by atoms with Crippen molar-refractivity contribution in [1.82, 2.24) is 0 Å². The lowest BCUT2D eigenvalue weighted by molar-refractivity contribution is -0.114.